The second-order valence-corrected chi connectivity index (χ2v) is 28.0. The van der Waals surface area contributed by atoms with Crippen molar-refractivity contribution in [1.82, 2.24) is 0 Å². The third-order valence-electron chi connectivity index (χ3n) is 15.2. The molecule has 5 unspecified atom stereocenters. The lowest BCUT2D eigenvalue weighted by Gasteiger charge is -2.21. The average Bonchev–Trinajstić information content (AvgIpc) is 0.928. The Hall–Kier alpha value is -6.36. The molecule has 0 spiro atoms. The Kier molecular flexibility index (Phi) is 72.2. The number of hydrogen-bond acceptors (Lipinski definition) is 15. The smallest absolute Gasteiger partial charge is 0.462 e. The lowest BCUT2D eigenvalue weighted by atomic mass is 10.1. The number of aliphatic hydroxyl groups is 1. The summed E-state index contributed by atoms with van der Waals surface area (Å²) in [6.07, 6.45) is 95.4. The van der Waals surface area contributed by atoms with Crippen molar-refractivity contribution < 1.29 is 80.2 Å². The van der Waals surface area contributed by atoms with E-state index in [0.717, 1.165) is 161 Å². The predicted molar refractivity (Wildman–Crippen MR) is 435 cm³/mol. The molecule has 0 fully saturated rings. The minimum atomic E-state index is -5.02. The van der Waals surface area contributed by atoms with Crippen LogP contribution in [0.3, 0.4) is 0 Å². The van der Waals surface area contributed by atoms with Crippen molar-refractivity contribution in [3.63, 3.8) is 0 Å². The number of ether oxygens (including phenoxy) is 4. The number of allylic oxidation sites excluding steroid dienone is 34. The first kappa shape index (κ1) is 99.6. The van der Waals surface area contributed by atoms with E-state index in [1.807, 2.05) is 18.2 Å². The SMILES string of the molecule is CC/C=C\C/C=C\C/C=C\C/C=C\C/C=C\CCCC(=O)OCC(COP(=O)(O)OCC(O)COP(=O)(O)OCC(COC(=O)CCCCCCCC/C=C\C/C=C\C/C=C\C/C=C\CC)OC(=O)CCCC/C=C\C/C=C\C/C=C\C/C=C\CC)OC(=O)CCCC/C=C\C/C=C\C/C=C\C/C=C\CC. The van der Waals surface area contributed by atoms with E-state index in [0.29, 0.717) is 44.9 Å². The van der Waals surface area contributed by atoms with Crippen LogP contribution in [-0.2, 0) is 65.4 Å². The highest BCUT2D eigenvalue weighted by Crippen LogP contribution is 2.45. The quantitative estimate of drug-likeness (QED) is 0.0169. The molecule has 0 radical (unpaired) electrons. The Morgan fingerprint density at radius 1 is 0.264 bits per heavy atom. The normalized spacial score (nSPS) is 15.0. The molecule has 0 amide bonds. The van der Waals surface area contributed by atoms with E-state index in [9.17, 15) is 43.2 Å². The highest BCUT2D eigenvalue weighted by molar-refractivity contribution is 7.47. The van der Waals surface area contributed by atoms with E-state index < -0.39 is 97.5 Å². The monoisotopic (exact) mass is 1510 g/mol. The number of unbranched alkanes of at least 4 members (excludes halogenated alkanes) is 11. The number of hydrogen-bond donors (Lipinski definition) is 3. The van der Waals surface area contributed by atoms with Crippen LogP contribution >= 0.6 is 15.6 Å². The summed E-state index contributed by atoms with van der Waals surface area (Å²) in [5.41, 5.74) is 0. The fourth-order valence-electron chi connectivity index (χ4n) is 9.40. The Labute approximate surface area is 639 Å². The molecule has 3 N–H and O–H groups in total. The van der Waals surface area contributed by atoms with Gasteiger partial charge in [-0.2, -0.15) is 0 Å². The fourth-order valence-corrected chi connectivity index (χ4v) is 11.0. The van der Waals surface area contributed by atoms with Gasteiger partial charge in [-0.05, 0) is 180 Å². The van der Waals surface area contributed by atoms with E-state index >= 15 is 0 Å². The van der Waals surface area contributed by atoms with Crippen LogP contribution in [0, 0.1) is 0 Å². The van der Waals surface area contributed by atoms with Crippen LogP contribution in [0.25, 0.3) is 0 Å². The van der Waals surface area contributed by atoms with Crippen molar-refractivity contribution >= 4 is 39.5 Å². The van der Waals surface area contributed by atoms with Crippen LogP contribution in [0.5, 0.6) is 0 Å². The second kappa shape index (κ2) is 76.8. The molecule has 0 aliphatic heterocycles. The summed E-state index contributed by atoms with van der Waals surface area (Å²) >= 11 is 0. The van der Waals surface area contributed by atoms with E-state index in [1.165, 1.54) is 0 Å². The summed E-state index contributed by atoms with van der Waals surface area (Å²) < 4.78 is 68.4. The van der Waals surface area contributed by atoms with Gasteiger partial charge in [-0.15, -0.1) is 0 Å². The minimum absolute atomic E-state index is 0.0203. The van der Waals surface area contributed by atoms with E-state index in [1.54, 1.807) is 0 Å². The molecular weight excluding hydrogens is 1380 g/mol. The number of phosphoric acid groups is 2. The third kappa shape index (κ3) is 75.9. The Bertz CT molecular complexity index is 2830. The van der Waals surface area contributed by atoms with Crippen molar-refractivity contribution in [3.05, 3.63) is 207 Å². The largest absolute Gasteiger partial charge is 0.472 e. The number of phosphoric ester groups is 2. The topological polar surface area (TPSA) is 237 Å². The summed E-state index contributed by atoms with van der Waals surface area (Å²) in [5.74, 6) is -2.38. The molecule has 0 saturated carbocycles. The van der Waals surface area contributed by atoms with Crippen molar-refractivity contribution in [2.24, 2.45) is 0 Å². The molecule has 0 aromatic heterocycles. The van der Waals surface area contributed by atoms with Gasteiger partial charge in [-0.3, -0.25) is 37.3 Å². The summed E-state index contributed by atoms with van der Waals surface area (Å²) in [7, 11) is -10.0. The van der Waals surface area contributed by atoms with Gasteiger partial charge < -0.3 is 33.8 Å². The lowest BCUT2D eigenvalue weighted by molar-refractivity contribution is -0.161. The molecule has 596 valence electrons. The average molecular weight is 1520 g/mol. The lowest BCUT2D eigenvalue weighted by Crippen LogP contribution is -2.30. The molecule has 0 bridgehead atoms. The van der Waals surface area contributed by atoms with Crippen molar-refractivity contribution in [2.75, 3.05) is 39.6 Å². The van der Waals surface area contributed by atoms with Crippen LogP contribution < -0.4 is 0 Å². The van der Waals surface area contributed by atoms with Gasteiger partial charge in [0, 0.05) is 25.7 Å². The van der Waals surface area contributed by atoms with E-state index in [-0.39, 0.29) is 25.7 Å². The Morgan fingerprint density at radius 3 is 0.764 bits per heavy atom. The molecule has 17 nitrogen and oxygen atoms in total. The van der Waals surface area contributed by atoms with E-state index in [2.05, 4.69) is 216 Å². The van der Waals surface area contributed by atoms with Crippen LogP contribution in [0.4, 0.5) is 0 Å². The minimum Gasteiger partial charge on any atom is -0.462 e. The molecule has 5 atom stereocenters. The van der Waals surface area contributed by atoms with Crippen molar-refractivity contribution in [3.8, 4) is 0 Å². The van der Waals surface area contributed by atoms with Gasteiger partial charge in [-0.1, -0.05) is 260 Å². The molecule has 0 heterocycles. The Balaban J connectivity index is 5.51. The van der Waals surface area contributed by atoms with Crippen molar-refractivity contribution in [1.29, 1.82) is 0 Å². The van der Waals surface area contributed by atoms with Gasteiger partial charge in [0.2, 0.25) is 0 Å². The number of aliphatic hydroxyl groups excluding tert-OH is 1. The summed E-state index contributed by atoms with van der Waals surface area (Å²) in [4.78, 5) is 73.0. The molecule has 0 rings (SSSR count). The van der Waals surface area contributed by atoms with Gasteiger partial charge in [0.25, 0.3) is 0 Å². The first-order chi connectivity index (χ1) is 51.7. The van der Waals surface area contributed by atoms with Crippen LogP contribution in [0.1, 0.15) is 259 Å². The second-order valence-electron chi connectivity index (χ2n) is 25.1. The molecule has 0 aliphatic rings. The summed E-state index contributed by atoms with van der Waals surface area (Å²) in [6.45, 7) is 4.20. The standard InChI is InChI=1S/C87H136O17P2/c1-5-9-13-17-21-25-29-33-37-39-40-42-46-48-52-56-60-64-68-72-85(90)98-78-83(104-87(92)74-70-66-62-58-54-50-44-36-32-28-24-20-16-12-8-4)80-102-106(95,96)100-76-81(88)75-99-105(93,94)101-79-82(103-86(91)73-69-65-61-57-53-49-43-35-31-27-23-19-15-11-7-3)77-97-84(89)71-67-63-59-55-51-47-45-41-38-34-30-26-22-18-14-10-6-2/h9-16,21-28,33-38,40,42-45,47,53-55,57-59,81-83,88H,5-8,17-20,29-32,39,41,46,48-52,56,60-80H2,1-4H3,(H,93,94)(H,95,96)/b13-9-,14-10-,15-11-,16-12-,25-21-,26-22-,27-23-,28-24-,37-33-,38-34-,42-40-,43-35-,44-36-,47-45-,57-53-,58-54-,59-55-. The van der Waals surface area contributed by atoms with Gasteiger partial charge in [0.15, 0.2) is 12.2 Å². The number of rotatable bonds is 71. The molecule has 0 aromatic rings. The summed E-state index contributed by atoms with van der Waals surface area (Å²) in [5, 5.41) is 10.6. The fraction of sp³-hybridized carbons (Fsp3) is 0.563. The predicted octanol–water partition coefficient (Wildman–Crippen LogP) is 23.1. The van der Waals surface area contributed by atoms with Crippen molar-refractivity contribution in [2.45, 2.75) is 277 Å². The molecule has 19 heteroatoms. The van der Waals surface area contributed by atoms with Crippen LogP contribution in [-0.4, -0.2) is 96.7 Å². The number of carbonyl (C=O) groups excluding carboxylic acids is 4. The summed E-state index contributed by atoms with van der Waals surface area (Å²) in [6, 6.07) is 0. The Morgan fingerprint density at radius 2 is 0.472 bits per heavy atom. The highest BCUT2D eigenvalue weighted by Gasteiger charge is 2.30. The molecule has 0 aromatic carbocycles. The molecule has 0 saturated heterocycles. The molecule has 0 aliphatic carbocycles. The maximum atomic E-state index is 13.1. The first-order valence-electron chi connectivity index (χ1n) is 39.3. The maximum absolute atomic E-state index is 13.1. The van der Waals surface area contributed by atoms with Crippen LogP contribution in [0.2, 0.25) is 0 Å². The van der Waals surface area contributed by atoms with Gasteiger partial charge in [0.1, 0.15) is 19.3 Å². The first-order valence-corrected chi connectivity index (χ1v) is 42.3. The number of esters is 4. The zero-order valence-corrected chi connectivity index (χ0v) is 66.8. The third-order valence-corrected chi connectivity index (χ3v) is 17.1. The van der Waals surface area contributed by atoms with Gasteiger partial charge in [-0.25, -0.2) is 9.13 Å². The van der Waals surface area contributed by atoms with E-state index in [4.69, 9.17) is 37.0 Å². The molecule has 106 heavy (non-hydrogen) atoms. The zero-order valence-electron chi connectivity index (χ0n) is 65.0. The zero-order chi connectivity index (χ0) is 77.4. The highest BCUT2D eigenvalue weighted by atomic mass is 31.2. The maximum Gasteiger partial charge on any atom is 0.472 e. The van der Waals surface area contributed by atoms with Gasteiger partial charge in [0.05, 0.1) is 26.4 Å². The number of carbonyl (C=O) groups is 4. The van der Waals surface area contributed by atoms with Crippen LogP contribution in [0.15, 0.2) is 207 Å². The molecular formula is C87H136O17P2. The van der Waals surface area contributed by atoms with Gasteiger partial charge >= 0.3 is 39.5 Å².